The van der Waals surface area contributed by atoms with Gasteiger partial charge in [0.2, 0.25) is 0 Å². The summed E-state index contributed by atoms with van der Waals surface area (Å²) < 4.78 is 5.60. The van der Waals surface area contributed by atoms with Crippen LogP contribution in [0.4, 0.5) is 0 Å². The van der Waals surface area contributed by atoms with E-state index in [4.69, 9.17) is 4.74 Å². The van der Waals surface area contributed by atoms with E-state index in [0.717, 1.165) is 12.8 Å². The van der Waals surface area contributed by atoms with Crippen molar-refractivity contribution in [2.75, 3.05) is 13.2 Å². The molecule has 3 aliphatic rings. The molecule has 0 saturated heterocycles. The lowest BCUT2D eigenvalue weighted by Gasteiger charge is -2.51. The van der Waals surface area contributed by atoms with Gasteiger partial charge in [0.05, 0.1) is 6.61 Å². The number of hydrogen-bond acceptors (Lipinski definition) is 2. The first-order valence-corrected chi connectivity index (χ1v) is 8.40. The summed E-state index contributed by atoms with van der Waals surface area (Å²) in [4.78, 5) is 11.9. The second-order valence-electron chi connectivity index (χ2n) is 7.83. The summed E-state index contributed by atoms with van der Waals surface area (Å²) in [6.07, 6.45) is 4.48. The van der Waals surface area contributed by atoms with Gasteiger partial charge in [-0.2, -0.15) is 0 Å². The number of ether oxygens (including phenoxy) is 1. The Morgan fingerprint density at radius 1 is 1.38 bits per heavy atom. The number of carbonyl (C=O) groups is 1. The second-order valence-corrected chi connectivity index (χ2v) is 7.83. The molecule has 0 amide bonds. The van der Waals surface area contributed by atoms with E-state index in [-0.39, 0.29) is 16.7 Å². The summed E-state index contributed by atoms with van der Waals surface area (Å²) in [7, 11) is 0. The van der Waals surface area contributed by atoms with Gasteiger partial charge in [0.1, 0.15) is 0 Å². The molecule has 0 aromatic heterocycles. The van der Waals surface area contributed by atoms with Gasteiger partial charge in [-0.15, -0.1) is 0 Å². The number of allylic oxidation sites excluding steroid dienone is 1. The molecule has 4 atom stereocenters. The molecule has 0 radical (unpaired) electrons. The maximum Gasteiger partial charge on any atom is 0.331 e. The zero-order valence-electron chi connectivity index (χ0n) is 13.7. The largest absolute Gasteiger partial charge is 0.478 e. The Balaban J connectivity index is 2.09. The minimum absolute atomic E-state index is 0.0817. The van der Waals surface area contributed by atoms with Gasteiger partial charge in [-0.05, 0) is 49.9 Å². The minimum Gasteiger partial charge on any atom is -0.478 e. The molecule has 0 aromatic carbocycles. The molecule has 2 saturated carbocycles. The molecule has 3 nitrogen and oxygen atoms in total. The van der Waals surface area contributed by atoms with Gasteiger partial charge in [-0.25, -0.2) is 4.79 Å². The third-order valence-electron chi connectivity index (χ3n) is 7.00. The maximum atomic E-state index is 11.9. The van der Waals surface area contributed by atoms with Gasteiger partial charge >= 0.3 is 5.97 Å². The van der Waals surface area contributed by atoms with Crippen molar-refractivity contribution in [3.8, 4) is 0 Å². The van der Waals surface area contributed by atoms with Gasteiger partial charge in [0.15, 0.2) is 0 Å². The summed E-state index contributed by atoms with van der Waals surface area (Å²) in [5, 5.41) is 9.79. The van der Waals surface area contributed by atoms with Crippen LogP contribution in [-0.4, -0.2) is 24.3 Å². The topological polar surface area (TPSA) is 46.5 Å². The highest BCUT2D eigenvalue weighted by atomic mass is 16.5. The van der Waals surface area contributed by atoms with E-state index in [0.29, 0.717) is 30.6 Å². The van der Waals surface area contributed by atoms with Crippen molar-refractivity contribution in [2.24, 2.45) is 28.6 Å². The van der Waals surface area contributed by atoms with Gasteiger partial charge in [-0.3, -0.25) is 0 Å². The maximum absolute atomic E-state index is 11.9. The number of fused-ring (bicyclic) bond motifs is 1. The van der Waals surface area contributed by atoms with Crippen LogP contribution < -0.4 is 0 Å². The van der Waals surface area contributed by atoms with Crippen molar-refractivity contribution in [3.63, 3.8) is 0 Å². The molecule has 3 aliphatic carbocycles. The van der Waals surface area contributed by atoms with Crippen molar-refractivity contribution in [2.45, 2.75) is 53.4 Å². The lowest BCUT2D eigenvalue weighted by Crippen LogP contribution is -2.45. The molecular weight excluding hydrogens is 264 g/mol. The molecule has 118 valence electrons. The molecule has 3 heteroatoms. The van der Waals surface area contributed by atoms with Crippen molar-refractivity contribution in [3.05, 3.63) is 11.1 Å². The molecule has 4 unspecified atom stereocenters. The van der Waals surface area contributed by atoms with Crippen LogP contribution in [0.2, 0.25) is 0 Å². The third-order valence-corrected chi connectivity index (χ3v) is 7.00. The molecule has 2 fully saturated rings. The predicted octanol–water partition coefficient (Wildman–Crippen LogP) is 3.89. The lowest BCUT2D eigenvalue weighted by molar-refractivity contribution is -0.133. The van der Waals surface area contributed by atoms with Gasteiger partial charge in [0.25, 0.3) is 0 Å². The smallest absolute Gasteiger partial charge is 0.331 e. The van der Waals surface area contributed by atoms with Crippen molar-refractivity contribution in [1.82, 2.24) is 0 Å². The Labute approximate surface area is 127 Å². The standard InChI is InChI=1S/C18H28O3/c1-5-21-10-12-9-18-11(2)6-7-13(17(18,3)4)8-14(18)15(12)16(19)20/h11-13H,5-10H2,1-4H3,(H,19,20). The monoisotopic (exact) mass is 292 g/mol. The Kier molecular flexibility index (Phi) is 3.47. The van der Waals surface area contributed by atoms with E-state index in [1.807, 2.05) is 6.92 Å². The van der Waals surface area contributed by atoms with E-state index in [1.165, 1.54) is 18.4 Å². The van der Waals surface area contributed by atoms with E-state index in [1.54, 1.807) is 0 Å². The van der Waals surface area contributed by atoms with Crippen LogP contribution in [0.3, 0.4) is 0 Å². The Morgan fingerprint density at radius 2 is 2.10 bits per heavy atom. The van der Waals surface area contributed by atoms with E-state index in [9.17, 15) is 9.90 Å². The second kappa shape index (κ2) is 4.84. The number of aliphatic carboxylic acids is 1. The van der Waals surface area contributed by atoms with Crippen LogP contribution >= 0.6 is 0 Å². The molecule has 0 aliphatic heterocycles. The van der Waals surface area contributed by atoms with Crippen LogP contribution in [0.25, 0.3) is 0 Å². The first kappa shape index (κ1) is 15.1. The van der Waals surface area contributed by atoms with Crippen molar-refractivity contribution in [1.29, 1.82) is 0 Å². The summed E-state index contributed by atoms with van der Waals surface area (Å²) in [5.74, 6) is 0.619. The highest BCUT2D eigenvalue weighted by molar-refractivity contribution is 5.89. The number of hydrogen-bond donors (Lipinski definition) is 1. The first-order chi connectivity index (χ1) is 9.86. The fourth-order valence-electron chi connectivity index (χ4n) is 5.91. The molecule has 1 spiro atoms. The number of rotatable bonds is 4. The zero-order valence-corrected chi connectivity index (χ0v) is 13.7. The van der Waals surface area contributed by atoms with E-state index >= 15 is 0 Å². The average molecular weight is 292 g/mol. The summed E-state index contributed by atoms with van der Waals surface area (Å²) in [6.45, 7) is 10.3. The highest BCUT2D eigenvalue weighted by Gasteiger charge is 2.66. The molecular formula is C18H28O3. The SMILES string of the molecule is CCOCC1CC23C(=C1C(=O)O)CC(CCC2C)C3(C)C. The average Bonchev–Trinajstić information content (AvgIpc) is 2.78. The molecule has 3 rings (SSSR count). The first-order valence-electron chi connectivity index (χ1n) is 8.40. The molecule has 21 heavy (non-hydrogen) atoms. The number of carboxylic acids is 1. The molecule has 0 aromatic rings. The van der Waals surface area contributed by atoms with E-state index in [2.05, 4.69) is 20.8 Å². The highest BCUT2D eigenvalue weighted by Crippen LogP contribution is 2.73. The van der Waals surface area contributed by atoms with Crippen LogP contribution in [0.15, 0.2) is 11.1 Å². The van der Waals surface area contributed by atoms with Gasteiger partial charge in [0, 0.05) is 23.5 Å². The molecule has 0 heterocycles. The fraction of sp³-hybridized carbons (Fsp3) is 0.833. The summed E-state index contributed by atoms with van der Waals surface area (Å²) >= 11 is 0. The molecule has 2 bridgehead atoms. The van der Waals surface area contributed by atoms with Crippen LogP contribution in [-0.2, 0) is 9.53 Å². The van der Waals surface area contributed by atoms with Crippen molar-refractivity contribution < 1.29 is 14.6 Å². The van der Waals surface area contributed by atoms with E-state index < -0.39 is 5.97 Å². The predicted molar refractivity (Wildman–Crippen MR) is 82.0 cm³/mol. The normalized spacial score (nSPS) is 40.5. The Bertz CT molecular complexity index is 491. The quantitative estimate of drug-likeness (QED) is 0.855. The summed E-state index contributed by atoms with van der Waals surface area (Å²) in [5.41, 5.74) is 2.31. The Hall–Kier alpha value is -0.830. The fourth-order valence-corrected chi connectivity index (χ4v) is 5.91. The van der Waals surface area contributed by atoms with Gasteiger partial charge in [-0.1, -0.05) is 26.3 Å². The number of carboxylic acid groups (broad SMARTS) is 1. The van der Waals surface area contributed by atoms with Crippen molar-refractivity contribution >= 4 is 5.97 Å². The van der Waals surface area contributed by atoms with Crippen LogP contribution in [0.1, 0.15) is 53.4 Å². The minimum atomic E-state index is -0.706. The molecule has 1 N–H and O–H groups in total. The third kappa shape index (κ3) is 1.79. The van der Waals surface area contributed by atoms with Crippen LogP contribution in [0, 0.1) is 28.6 Å². The van der Waals surface area contributed by atoms with Gasteiger partial charge < -0.3 is 9.84 Å². The zero-order chi connectivity index (χ0) is 15.4. The Morgan fingerprint density at radius 3 is 2.71 bits per heavy atom. The van der Waals surface area contributed by atoms with Crippen LogP contribution in [0.5, 0.6) is 0 Å². The lowest BCUT2D eigenvalue weighted by atomic mass is 9.52. The summed E-state index contributed by atoms with van der Waals surface area (Å²) in [6, 6.07) is 0.